The highest BCUT2D eigenvalue weighted by atomic mass is 32.2. The summed E-state index contributed by atoms with van der Waals surface area (Å²) < 4.78 is 25.8. The molecule has 2 rings (SSSR count). The monoisotopic (exact) mass is 391 g/mol. The number of sulfonamides is 1. The van der Waals surface area contributed by atoms with Crippen LogP contribution in [0.15, 0.2) is 42.5 Å². The van der Waals surface area contributed by atoms with Gasteiger partial charge in [-0.25, -0.2) is 8.42 Å². The molecule has 2 aromatic carbocycles. The molecule has 9 heteroatoms. The van der Waals surface area contributed by atoms with Crippen molar-refractivity contribution in [1.82, 2.24) is 0 Å². The fraction of sp³-hybridized carbons (Fsp3) is 0.278. The van der Waals surface area contributed by atoms with E-state index in [2.05, 4.69) is 5.32 Å². The third-order valence-electron chi connectivity index (χ3n) is 4.02. The Hall–Kier alpha value is -2.94. The third-order valence-corrected chi connectivity index (χ3v) is 5.24. The zero-order valence-electron chi connectivity index (χ0n) is 15.5. The molecule has 0 saturated carbocycles. The van der Waals surface area contributed by atoms with E-state index < -0.39 is 26.9 Å². The van der Waals surface area contributed by atoms with Crippen LogP contribution in [0.5, 0.6) is 0 Å². The highest BCUT2D eigenvalue weighted by Crippen LogP contribution is 2.27. The number of carbonyl (C=O) groups is 1. The first-order chi connectivity index (χ1) is 12.5. The van der Waals surface area contributed by atoms with Crippen LogP contribution in [-0.4, -0.2) is 31.5 Å². The first-order valence-electron chi connectivity index (χ1n) is 8.12. The highest BCUT2D eigenvalue weighted by molar-refractivity contribution is 7.92. The van der Waals surface area contributed by atoms with Crippen LogP contribution < -0.4 is 9.62 Å². The summed E-state index contributed by atoms with van der Waals surface area (Å²) in [7, 11) is -3.75. The molecule has 0 aromatic heterocycles. The predicted octanol–water partition coefficient (Wildman–Crippen LogP) is 3.00. The number of nitro benzene ring substituents is 1. The van der Waals surface area contributed by atoms with Gasteiger partial charge in [0.1, 0.15) is 6.04 Å². The van der Waals surface area contributed by atoms with E-state index in [9.17, 15) is 23.3 Å². The predicted molar refractivity (Wildman–Crippen MR) is 104 cm³/mol. The largest absolute Gasteiger partial charge is 0.324 e. The van der Waals surface area contributed by atoms with E-state index in [1.165, 1.54) is 31.2 Å². The molecule has 0 bridgehead atoms. The van der Waals surface area contributed by atoms with Gasteiger partial charge in [0.15, 0.2) is 0 Å². The minimum absolute atomic E-state index is 0.171. The molecular weight excluding hydrogens is 370 g/mol. The van der Waals surface area contributed by atoms with Crippen molar-refractivity contribution in [1.29, 1.82) is 0 Å². The smallest absolute Gasteiger partial charge is 0.271 e. The number of hydrogen-bond donors (Lipinski definition) is 1. The molecule has 1 amide bonds. The van der Waals surface area contributed by atoms with Crippen molar-refractivity contribution in [2.45, 2.75) is 26.8 Å². The number of aryl methyl sites for hydroxylation is 2. The maximum atomic E-state index is 12.7. The first-order valence-corrected chi connectivity index (χ1v) is 9.97. The van der Waals surface area contributed by atoms with E-state index in [0.717, 1.165) is 16.1 Å². The summed E-state index contributed by atoms with van der Waals surface area (Å²) in [6.45, 7) is 5.06. The Morgan fingerprint density at radius 2 is 1.85 bits per heavy atom. The van der Waals surface area contributed by atoms with Gasteiger partial charge < -0.3 is 5.32 Å². The maximum Gasteiger partial charge on any atom is 0.271 e. The van der Waals surface area contributed by atoms with E-state index in [-0.39, 0.29) is 11.4 Å². The number of rotatable bonds is 6. The molecule has 0 radical (unpaired) electrons. The molecule has 8 nitrogen and oxygen atoms in total. The molecule has 0 saturated heterocycles. The van der Waals surface area contributed by atoms with Crippen LogP contribution in [0.1, 0.15) is 18.1 Å². The number of anilines is 2. The third kappa shape index (κ3) is 4.82. The fourth-order valence-corrected chi connectivity index (χ4v) is 3.91. The summed E-state index contributed by atoms with van der Waals surface area (Å²) in [5, 5.41) is 13.4. The van der Waals surface area contributed by atoms with Crippen molar-refractivity contribution in [3.05, 3.63) is 63.7 Å². The number of non-ortho nitro benzene ring substituents is 1. The number of hydrogen-bond acceptors (Lipinski definition) is 5. The lowest BCUT2D eigenvalue weighted by atomic mass is 10.1. The van der Waals surface area contributed by atoms with Crippen LogP contribution in [-0.2, 0) is 14.8 Å². The molecule has 0 aliphatic rings. The molecule has 144 valence electrons. The lowest BCUT2D eigenvalue weighted by Crippen LogP contribution is -2.45. The average Bonchev–Trinajstić information content (AvgIpc) is 2.57. The molecule has 1 N–H and O–H groups in total. The van der Waals surface area contributed by atoms with Crippen molar-refractivity contribution in [3.8, 4) is 0 Å². The van der Waals surface area contributed by atoms with E-state index in [1.807, 2.05) is 13.0 Å². The maximum absolute atomic E-state index is 12.7. The molecule has 1 atom stereocenters. The van der Waals surface area contributed by atoms with Gasteiger partial charge in [0.2, 0.25) is 15.9 Å². The van der Waals surface area contributed by atoms with Crippen molar-refractivity contribution >= 4 is 33.0 Å². The Kier molecular flexibility index (Phi) is 5.85. The number of amides is 1. The minimum Gasteiger partial charge on any atom is -0.324 e. The van der Waals surface area contributed by atoms with Crippen LogP contribution in [0.4, 0.5) is 17.1 Å². The minimum atomic E-state index is -3.75. The Morgan fingerprint density at radius 1 is 1.19 bits per heavy atom. The topological polar surface area (TPSA) is 110 Å². The van der Waals surface area contributed by atoms with Gasteiger partial charge in [-0.05, 0) is 44.0 Å². The lowest BCUT2D eigenvalue weighted by Gasteiger charge is -2.29. The Bertz CT molecular complexity index is 988. The van der Waals surface area contributed by atoms with E-state index in [4.69, 9.17) is 0 Å². The second-order valence-electron chi connectivity index (χ2n) is 6.32. The molecule has 0 fully saturated rings. The summed E-state index contributed by atoms with van der Waals surface area (Å²) >= 11 is 0. The molecule has 0 spiro atoms. The number of carbonyl (C=O) groups excluding carboxylic acids is 1. The molecular formula is C18H21N3O5S. The van der Waals surface area contributed by atoms with Crippen LogP contribution in [0, 0.1) is 24.0 Å². The zero-order chi connectivity index (χ0) is 20.4. The second kappa shape index (κ2) is 7.75. The van der Waals surface area contributed by atoms with Crippen LogP contribution >= 0.6 is 0 Å². The van der Waals surface area contributed by atoms with Gasteiger partial charge in [-0.3, -0.25) is 19.2 Å². The summed E-state index contributed by atoms with van der Waals surface area (Å²) in [6, 6.07) is 9.75. The summed E-state index contributed by atoms with van der Waals surface area (Å²) in [5.74, 6) is -0.596. The highest BCUT2D eigenvalue weighted by Gasteiger charge is 2.30. The van der Waals surface area contributed by atoms with Crippen molar-refractivity contribution in [2.24, 2.45) is 0 Å². The zero-order valence-corrected chi connectivity index (χ0v) is 16.3. The van der Waals surface area contributed by atoms with Gasteiger partial charge in [-0.1, -0.05) is 18.2 Å². The molecule has 0 unspecified atom stereocenters. The quantitative estimate of drug-likeness (QED) is 0.601. The van der Waals surface area contributed by atoms with Gasteiger partial charge in [0.05, 0.1) is 16.9 Å². The first kappa shape index (κ1) is 20.4. The van der Waals surface area contributed by atoms with Crippen LogP contribution in [0.25, 0.3) is 0 Å². The molecule has 0 aliphatic carbocycles. The van der Waals surface area contributed by atoms with Gasteiger partial charge in [-0.2, -0.15) is 0 Å². The number of nitrogens with zero attached hydrogens (tertiary/aromatic N) is 2. The van der Waals surface area contributed by atoms with Gasteiger partial charge in [-0.15, -0.1) is 0 Å². The van der Waals surface area contributed by atoms with E-state index in [0.29, 0.717) is 11.3 Å². The van der Waals surface area contributed by atoms with Crippen LogP contribution in [0.3, 0.4) is 0 Å². The van der Waals surface area contributed by atoms with Crippen LogP contribution in [0.2, 0.25) is 0 Å². The average molecular weight is 391 g/mol. The fourth-order valence-electron chi connectivity index (χ4n) is 2.68. The van der Waals surface area contributed by atoms with Crippen molar-refractivity contribution in [3.63, 3.8) is 0 Å². The SMILES string of the molecule is Cc1ccc(C)c(N([C@H](C)C(=O)Nc2cccc([N+](=O)[O-])c2)S(C)(=O)=O)c1. The normalized spacial score (nSPS) is 12.3. The lowest BCUT2D eigenvalue weighted by molar-refractivity contribution is -0.384. The van der Waals surface area contributed by atoms with Crippen molar-refractivity contribution < 1.29 is 18.1 Å². The molecule has 0 aliphatic heterocycles. The van der Waals surface area contributed by atoms with E-state index >= 15 is 0 Å². The van der Waals surface area contributed by atoms with E-state index in [1.54, 1.807) is 19.1 Å². The number of nitro groups is 1. The Labute approximate surface area is 158 Å². The van der Waals surface area contributed by atoms with Gasteiger partial charge in [0.25, 0.3) is 5.69 Å². The van der Waals surface area contributed by atoms with Gasteiger partial charge >= 0.3 is 0 Å². The second-order valence-corrected chi connectivity index (χ2v) is 8.18. The molecule has 0 heterocycles. The number of nitrogens with one attached hydrogen (secondary N) is 1. The van der Waals surface area contributed by atoms with Gasteiger partial charge in [0, 0.05) is 17.8 Å². The molecule has 2 aromatic rings. The summed E-state index contributed by atoms with van der Waals surface area (Å²) in [6.07, 6.45) is 1.03. The Balaban J connectivity index is 2.37. The summed E-state index contributed by atoms with van der Waals surface area (Å²) in [4.78, 5) is 23.0. The summed E-state index contributed by atoms with van der Waals surface area (Å²) in [5.41, 5.74) is 2.03. The molecule has 27 heavy (non-hydrogen) atoms. The Morgan fingerprint density at radius 3 is 2.44 bits per heavy atom. The standard InChI is InChI=1S/C18H21N3O5S/c1-12-8-9-13(2)17(10-12)20(27(4,25)26)14(3)18(22)19-15-6-5-7-16(11-15)21(23)24/h5-11,14H,1-4H3,(H,19,22)/t14-/m1/s1. The van der Waals surface area contributed by atoms with Crippen molar-refractivity contribution in [2.75, 3.05) is 15.9 Å². The number of benzene rings is 2.